The zero-order valence-corrected chi connectivity index (χ0v) is 14.9. The Bertz CT molecular complexity index is 730. The second-order valence-corrected chi connectivity index (χ2v) is 6.55. The molecule has 0 fully saturated rings. The van der Waals surface area contributed by atoms with E-state index in [1.807, 2.05) is 20.8 Å². The molecule has 0 atom stereocenters. The Morgan fingerprint density at radius 2 is 1.88 bits per heavy atom. The van der Waals surface area contributed by atoms with Crippen molar-refractivity contribution in [1.82, 2.24) is 10.5 Å². The van der Waals surface area contributed by atoms with Crippen LogP contribution in [0.5, 0.6) is 0 Å². The summed E-state index contributed by atoms with van der Waals surface area (Å²) < 4.78 is 10.1. The van der Waals surface area contributed by atoms with E-state index in [0.29, 0.717) is 30.3 Å². The van der Waals surface area contributed by atoms with Gasteiger partial charge in [0.05, 0.1) is 12.2 Å². The average Bonchev–Trinajstić information content (AvgIpc) is 3.02. The molecule has 0 unspecified atom stereocenters. The quantitative estimate of drug-likeness (QED) is 0.809. The van der Waals surface area contributed by atoms with Gasteiger partial charge < -0.3 is 14.6 Å². The molecule has 0 aliphatic rings. The standard InChI is InChI=1S/C18H23N3O4/c1-5-24-16(22)13-8-6-12(7-9-13)11-19-17(23)20-15-10-14(25-21-15)18(2,3)4/h6-10H,5,11H2,1-4H3,(H2,19,20,21,23). The molecule has 134 valence electrons. The van der Waals surface area contributed by atoms with Crippen molar-refractivity contribution in [1.29, 1.82) is 0 Å². The molecule has 2 amide bonds. The summed E-state index contributed by atoms with van der Waals surface area (Å²) in [4.78, 5) is 23.5. The van der Waals surface area contributed by atoms with Crippen LogP contribution in [0.3, 0.4) is 0 Å². The van der Waals surface area contributed by atoms with Crippen LogP contribution in [0.25, 0.3) is 0 Å². The van der Waals surface area contributed by atoms with Gasteiger partial charge in [-0.1, -0.05) is 38.1 Å². The Hall–Kier alpha value is -2.83. The molecule has 2 rings (SSSR count). The van der Waals surface area contributed by atoms with E-state index in [4.69, 9.17) is 9.26 Å². The monoisotopic (exact) mass is 345 g/mol. The molecule has 0 aliphatic carbocycles. The van der Waals surface area contributed by atoms with E-state index < -0.39 is 0 Å². The predicted molar refractivity (Wildman–Crippen MR) is 93.5 cm³/mol. The van der Waals surface area contributed by atoms with Gasteiger partial charge in [0, 0.05) is 18.0 Å². The minimum atomic E-state index is -0.386. The first kappa shape index (κ1) is 18.5. The molecule has 0 bridgehead atoms. The number of aromatic nitrogens is 1. The SMILES string of the molecule is CCOC(=O)c1ccc(CNC(=O)Nc2cc(C(C)(C)C)on2)cc1. The molecule has 0 spiro atoms. The molecule has 1 aromatic carbocycles. The number of hydrogen-bond donors (Lipinski definition) is 2. The molecule has 1 heterocycles. The van der Waals surface area contributed by atoms with Crippen LogP contribution < -0.4 is 10.6 Å². The summed E-state index contributed by atoms with van der Waals surface area (Å²) in [7, 11) is 0. The van der Waals surface area contributed by atoms with E-state index in [2.05, 4.69) is 15.8 Å². The Kier molecular flexibility index (Phi) is 5.80. The summed E-state index contributed by atoms with van der Waals surface area (Å²) in [5, 5.41) is 9.17. The topological polar surface area (TPSA) is 93.5 Å². The fourth-order valence-electron chi connectivity index (χ4n) is 2.00. The zero-order chi connectivity index (χ0) is 18.4. The number of benzene rings is 1. The summed E-state index contributed by atoms with van der Waals surface area (Å²) in [6.07, 6.45) is 0. The highest BCUT2D eigenvalue weighted by molar-refractivity contribution is 5.89. The Morgan fingerprint density at radius 1 is 1.20 bits per heavy atom. The summed E-state index contributed by atoms with van der Waals surface area (Å²) in [6, 6.07) is 8.18. The number of anilines is 1. The fraction of sp³-hybridized carbons (Fsp3) is 0.389. The number of nitrogens with one attached hydrogen (secondary N) is 2. The van der Waals surface area contributed by atoms with Crippen LogP contribution in [0, 0.1) is 0 Å². The number of amides is 2. The average molecular weight is 345 g/mol. The van der Waals surface area contributed by atoms with Crippen LogP contribution >= 0.6 is 0 Å². The summed E-state index contributed by atoms with van der Waals surface area (Å²) in [5.41, 5.74) is 1.16. The zero-order valence-electron chi connectivity index (χ0n) is 14.9. The molecule has 0 aliphatic heterocycles. The minimum absolute atomic E-state index is 0.177. The number of carbonyl (C=O) groups is 2. The first-order valence-electron chi connectivity index (χ1n) is 8.07. The van der Waals surface area contributed by atoms with Crippen molar-refractivity contribution in [3.8, 4) is 0 Å². The molecule has 7 nitrogen and oxygen atoms in total. The van der Waals surface area contributed by atoms with Crippen molar-refractivity contribution >= 4 is 17.8 Å². The fourth-order valence-corrected chi connectivity index (χ4v) is 2.00. The smallest absolute Gasteiger partial charge is 0.338 e. The van der Waals surface area contributed by atoms with Gasteiger partial charge in [-0.3, -0.25) is 5.32 Å². The van der Waals surface area contributed by atoms with E-state index >= 15 is 0 Å². The predicted octanol–water partition coefficient (Wildman–Crippen LogP) is 3.47. The van der Waals surface area contributed by atoms with Gasteiger partial charge in [0.15, 0.2) is 5.82 Å². The maximum absolute atomic E-state index is 11.9. The number of rotatable bonds is 5. The summed E-state index contributed by atoms with van der Waals surface area (Å²) >= 11 is 0. The second kappa shape index (κ2) is 7.83. The number of nitrogens with zero attached hydrogens (tertiary/aromatic N) is 1. The van der Waals surface area contributed by atoms with Crippen molar-refractivity contribution in [2.75, 3.05) is 11.9 Å². The Morgan fingerprint density at radius 3 is 2.44 bits per heavy atom. The Labute approximate surface area is 146 Å². The lowest BCUT2D eigenvalue weighted by molar-refractivity contribution is 0.0526. The van der Waals surface area contributed by atoms with Crippen molar-refractivity contribution in [3.63, 3.8) is 0 Å². The molecule has 0 saturated heterocycles. The van der Waals surface area contributed by atoms with E-state index in [1.165, 1.54) is 0 Å². The molecule has 1 aromatic heterocycles. The van der Waals surface area contributed by atoms with Crippen LogP contribution in [0.15, 0.2) is 34.9 Å². The number of ether oxygens (including phenoxy) is 1. The van der Waals surface area contributed by atoms with Crippen LogP contribution in [0.4, 0.5) is 10.6 Å². The lowest BCUT2D eigenvalue weighted by Crippen LogP contribution is -2.28. The van der Waals surface area contributed by atoms with Crippen LogP contribution in [0.1, 0.15) is 49.4 Å². The maximum Gasteiger partial charge on any atom is 0.338 e. The highest BCUT2D eigenvalue weighted by Gasteiger charge is 2.20. The first-order valence-corrected chi connectivity index (χ1v) is 8.07. The third kappa shape index (κ3) is 5.34. The van der Waals surface area contributed by atoms with Crippen LogP contribution in [-0.2, 0) is 16.7 Å². The number of hydrogen-bond acceptors (Lipinski definition) is 5. The van der Waals surface area contributed by atoms with Gasteiger partial charge in [-0.25, -0.2) is 9.59 Å². The van der Waals surface area contributed by atoms with Crippen molar-refractivity contribution in [3.05, 3.63) is 47.2 Å². The number of carbonyl (C=O) groups excluding carboxylic acids is 2. The van der Waals surface area contributed by atoms with Gasteiger partial charge in [0.1, 0.15) is 5.76 Å². The summed E-state index contributed by atoms with van der Waals surface area (Å²) in [5.74, 6) is 0.692. The molecule has 2 aromatic rings. The van der Waals surface area contributed by atoms with Gasteiger partial charge in [0.25, 0.3) is 0 Å². The molecular formula is C18H23N3O4. The van der Waals surface area contributed by atoms with Gasteiger partial charge in [-0.2, -0.15) is 0 Å². The van der Waals surface area contributed by atoms with Crippen LogP contribution in [-0.4, -0.2) is 23.8 Å². The van der Waals surface area contributed by atoms with Gasteiger partial charge in [-0.15, -0.1) is 0 Å². The normalized spacial score (nSPS) is 11.0. The van der Waals surface area contributed by atoms with E-state index in [1.54, 1.807) is 37.3 Å². The van der Waals surface area contributed by atoms with Gasteiger partial charge >= 0.3 is 12.0 Å². The van der Waals surface area contributed by atoms with Crippen molar-refractivity contribution < 1.29 is 18.8 Å². The van der Waals surface area contributed by atoms with Crippen molar-refractivity contribution in [2.24, 2.45) is 0 Å². The second-order valence-electron chi connectivity index (χ2n) is 6.55. The molecular weight excluding hydrogens is 322 g/mol. The lowest BCUT2D eigenvalue weighted by Gasteiger charge is -2.12. The summed E-state index contributed by atoms with van der Waals surface area (Å²) in [6.45, 7) is 8.40. The van der Waals surface area contributed by atoms with Gasteiger partial charge in [0.2, 0.25) is 0 Å². The molecule has 0 radical (unpaired) electrons. The lowest BCUT2D eigenvalue weighted by atomic mass is 9.93. The molecule has 0 saturated carbocycles. The highest BCUT2D eigenvalue weighted by Crippen LogP contribution is 2.24. The highest BCUT2D eigenvalue weighted by atomic mass is 16.5. The largest absolute Gasteiger partial charge is 0.462 e. The van der Waals surface area contributed by atoms with E-state index in [0.717, 1.165) is 5.56 Å². The van der Waals surface area contributed by atoms with E-state index in [-0.39, 0.29) is 17.4 Å². The maximum atomic E-state index is 11.9. The number of urea groups is 1. The third-order valence-electron chi connectivity index (χ3n) is 3.41. The minimum Gasteiger partial charge on any atom is -0.462 e. The first-order chi connectivity index (χ1) is 11.8. The number of esters is 1. The van der Waals surface area contributed by atoms with E-state index in [9.17, 15) is 9.59 Å². The molecule has 25 heavy (non-hydrogen) atoms. The molecule has 2 N–H and O–H groups in total. The molecule has 7 heteroatoms. The van der Waals surface area contributed by atoms with Crippen LogP contribution in [0.2, 0.25) is 0 Å². The van der Waals surface area contributed by atoms with Gasteiger partial charge in [-0.05, 0) is 24.6 Å². The third-order valence-corrected chi connectivity index (χ3v) is 3.41. The van der Waals surface area contributed by atoms with Crippen molar-refractivity contribution in [2.45, 2.75) is 39.7 Å². The Balaban J connectivity index is 1.85.